The number of unbranched alkanes of at least 4 members (excludes halogenated alkanes) is 2. The van der Waals surface area contributed by atoms with Crippen LogP contribution < -0.4 is 14.4 Å². The number of amides is 2. The first kappa shape index (κ1) is 22.3. The van der Waals surface area contributed by atoms with Gasteiger partial charge in [-0.1, -0.05) is 31.4 Å². The molecule has 0 saturated carbocycles. The molecule has 170 valence electrons. The van der Waals surface area contributed by atoms with Gasteiger partial charge < -0.3 is 19.4 Å². The summed E-state index contributed by atoms with van der Waals surface area (Å²) in [4.78, 5) is 24.4. The second-order valence-corrected chi connectivity index (χ2v) is 8.34. The maximum Gasteiger partial charge on any atom is 0.324 e. The average molecular weight is 457 g/mol. The number of hydrogen-bond donors (Lipinski definition) is 1. The Morgan fingerprint density at radius 1 is 1.19 bits per heavy atom. The van der Waals surface area contributed by atoms with Crippen molar-refractivity contribution in [2.45, 2.75) is 39.2 Å². The number of carbonyl (C=O) groups is 1. The molecule has 3 heterocycles. The zero-order valence-corrected chi connectivity index (χ0v) is 19.3. The third-order valence-corrected chi connectivity index (χ3v) is 6.05. The summed E-state index contributed by atoms with van der Waals surface area (Å²) in [7, 11) is 1.63. The Balaban J connectivity index is 1.53. The van der Waals surface area contributed by atoms with Crippen LogP contribution in [0.3, 0.4) is 0 Å². The Bertz CT molecular complexity index is 1080. The molecule has 1 aliphatic rings. The molecule has 2 amide bonds. The quantitative estimate of drug-likeness (QED) is 0.424. The molecular formula is C24H29ClN4O3. The van der Waals surface area contributed by atoms with Gasteiger partial charge in [0.1, 0.15) is 5.65 Å². The van der Waals surface area contributed by atoms with Gasteiger partial charge in [0.2, 0.25) is 0 Å². The standard InChI is InChI=1S/C24H29ClN4O3/c1-3-4-5-13-32-21-14-18(7-8-20(21)31-2)29-12-6-11-28(24(29)30)16-17-9-10-26-23-22(17)19(25)15-27-23/h7-10,14-15H,3-6,11-13,16H2,1-2H3,(H,26,27). The minimum atomic E-state index is -0.0324. The molecule has 0 unspecified atom stereocenters. The van der Waals surface area contributed by atoms with Gasteiger partial charge in [0.25, 0.3) is 0 Å². The van der Waals surface area contributed by atoms with Crippen molar-refractivity contribution < 1.29 is 14.3 Å². The van der Waals surface area contributed by atoms with Crippen molar-refractivity contribution in [3.8, 4) is 11.5 Å². The molecule has 0 bridgehead atoms. The first-order valence-electron chi connectivity index (χ1n) is 11.1. The van der Waals surface area contributed by atoms with Gasteiger partial charge in [-0.25, -0.2) is 9.78 Å². The molecule has 3 aromatic rings. The van der Waals surface area contributed by atoms with Crippen LogP contribution in [0, 0.1) is 0 Å². The molecule has 1 aromatic carbocycles. The fourth-order valence-electron chi connectivity index (χ4n) is 4.07. The highest BCUT2D eigenvalue weighted by Gasteiger charge is 2.28. The van der Waals surface area contributed by atoms with Crippen molar-refractivity contribution >= 4 is 34.4 Å². The molecule has 0 atom stereocenters. The number of nitrogens with one attached hydrogen (secondary N) is 1. The lowest BCUT2D eigenvalue weighted by molar-refractivity contribution is 0.192. The minimum absolute atomic E-state index is 0.0324. The number of methoxy groups -OCH3 is 1. The number of aromatic amines is 1. The fourth-order valence-corrected chi connectivity index (χ4v) is 4.33. The number of halogens is 1. The largest absolute Gasteiger partial charge is 0.493 e. The lowest BCUT2D eigenvalue weighted by Gasteiger charge is -2.36. The first-order valence-corrected chi connectivity index (χ1v) is 11.5. The van der Waals surface area contributed by atoms with Gasteiger partial charge in [0, 0.05) is 49.2 Å². The summed E-state index contributed by atoms with van der Waals surface area (Å²) in [5.74, 6) is 1.34. The Morgan fingerprint density at radius 2 is 2.06 bits per heavy atom. The van der Waals surface area contributed by atoms with E-state index in [0.29, 0.717) is 42.8 Å². The summed E-state index contributed by atoms with van der Waals surface area (Å²) >= 11 is 6.35. The maximum absolute atomic E-state index is 13.4. The van der Waals surface area contributed by atoms with Crippen molar-refractivity contribution in [1.29, 1.82) is 0 Å². The Kier molecular flexibility index (Phi) is 7.05. The monoisotopic (exact) mass is 456 g/mol. The summed E-state index contributed by atoms with van der Waals surface area (Å²) in [6.45, 7) is 4.62. The highest BCUT2D eigenvalue weighted by atomic mass is 35.5. The van der Waals surface area contributed by atoms with Crippen molar-refractivity contribution in [1.82, 2.24) is 14.9 Å². The van der Waals surface area contributed by atoms with E-state index < -0.39 is 0 Å². The second kappa shape index (κ2) is 10.1. The minimum Gasteiger partial charge on any atom is -0.493 e. The number of rotatable bonds is 9. The number of carbonyl (C=O) groups excluding carboxylic acids is 1. The number of fused-ring (bicyclic) bond motifs is 1. The maximum atomic E-state index is 13.4. The molecular weight excluding hydrogens is 428 g/mol. The average Bonchev–Trinajstić information content (AvgIpc) is 3.20. The van der Waals surface area contributed by atoms with Crippen LogP contribution in [0.1, 0.15) is 38.2 Å². The number of nitrogens with zero attached hydrogens (tertiary/aromatic N) is 3. The van der Waals surface area contributed by atoms with Gasteiger partial charge >= 0.3 is 6.03 Å². The molecule has 2 aromatic heterocycles. The topological polar surface area (TPSA) is 70.7 Å². The predicted molar refractivity (Wildman–Crippen MR) is 127 cm³/mol. The van der Waals surface area contributed by atoms with Crippen LogP contribution in [0.25, 0.3) is 11.0 Å². The molecule has 1 saturated heterocycles. The Labute approximate surface area is 193 Å². The molecule has 0 aliphatic carbocycles. The first-order chi connectivity index (χ1) is 15.6. The number of urea groups is 1. The Morgan fingerprint density at radius 3 is 2.88 bits per heavy atom. The molecule has 32 heavy (non-hydrogen) atoms. The Hall–Kier alpha value is -2.93. The van der Waals surface area contributed by atoms with E-state index in [1.54, 1.807) is 24.4 Å². The van der Waals surface area contributed by atoms with E-state index in [1.165, 1.54) is 0 Å². The van der Waals surface area contributed by atoms with Crippen molar-refractivity contribution in [2.24, 2.45) is 0 Å². The van der Waals surface area contributed by atoms with E-state index in [2.05, 4.69) is 16.9 Å². The highest BCUT2D eigenvalue weighted by Crippen LogP contribution is 2.34. The van der Waals surface area contributed by atoms with Gasteiger partial charge in [-0.05, 0) is 36.6 Å². The molecule has 4 rings (SSSR count). The van der Waals surface area contributed by atoms with E-state index in [1.807, 2.05) is 29.2 Å². The molecule has 1 N–H and O–H groups in total. The molecule has 8 heteroatoms. The van der Waals surface area contributed by atoms with Crippen LogP contribution in [-0.4, -0.2) is 47.7 Å². The van der Waals surface area contributed by atoms with Crippen molar-refractivity contribution in [3.05, 3.63) is 47.2 Å². The molecule has 1 aliphatic heterocycles. The second-order valence-electron chi connectivity index (χ2n) is 7.93. The third kappa shape index (κ3) is 4.63. The third-order valence-electron chi connectivity index (χ3n) is 5.75. The van der Waals surface area contributed by atoms with Crippen LogP contribution in [0.5, 0.6) is 11.5 Å². The van der Waals surface area contributed by atoms with Crippen LogP contribution in [0.2, 0.25) is 5.02 Å². The SMILES string of the molecule is CCCCCOc1cc(N2CCCN(Cc3ccnc4[nH]cc(Cl)c34)C2=O)ccc1OC. The lowest BCUT2D eigenvalue weighted by atomic mass is 10.1. The fraction of sp³-hybridized carbons (Fsp3) is 0.417. The normalized spacial score (nSPS) is 14.3. The summed E-state index contributed by atoms with van der Waals surface area (Å²) < 4.78 is 11.4. The van der Waals surface area contributed by atoms with Gasteiger partial charge in [0.15, 0.2) is 11.5 Å². The van der Waals surface area contributed by atoms with E-state index in [0.717, 1.165) is 48.0 Å². The van der Waals surface area contributed by atoms with E-state index in [9.17, 15) is 4.79 Å². The molecule has 1 fully saturated rings. The van der Waals surface area contributed by atoms with Crippen molar-refractivity contribution in [3.63, 3.8) is 0 Å². The number of anilines is 1. The van der Waals surface area contributed by atoms with E-state index >= 15 is 0 Å². The van der Waals surface area contributed by atoms with Crippen molar-refractivity contribution in [2.75, 3.05) is 31.7 Å². The van der Waals surface area contributed by atoms with Gasteiger partial charge in [-0.2, -0.15) is 0 Å². The molecule has 0 radical (unpaired) electrons. The molecule has 7 nitrogen and oxygen atoms in total. The predicted octanol–water partition coefficient (Wildman–Crippen LogP) is 5.63. The van der Waals surface area contributed by atoms with Gasteiger partial charge in [-0.3, -0.25) is 4.90 Å². The van der Waals surface area contributed by atoms with Crippen LogP contribution in [-0.2, 0) is 6.54 Å². The zero-order chi connectivity index (χ0) is 22.5. The number of benzene rings is 1. The number of ether oxygens (including phenoxy) is 2. The summed E-state index contributed by atoms with van der Waals surface area (Å²) in [5.41, 5.74) is 2.52. The van der Waals surface area contributed by atoms with E-state index in [-0.39, 0.29) is 6.03 Å². The molecule has 0 spiro atoms. The highest BCUT2D eigenvalue weighted by molar-refractivity contribution is 6.35. The number of pyridine rings is 1. The summed E-state index contributed by atoms with van der Waals surface area (Å²) in [6, 6.07) is 7.56. The lowest BCUT2D eigenvalue weighted by Crippen LogP contribution is -2.49. The smallest absolute Gasteiger partial charge is 0.324 e. The van der Waals surface area contributed by atoms with Crippen LogP contribution in [0.15, 0.2) is 36.7 Å². The zero-order valence-electron chi connectivity index (χ0n) is 18.6. The summed E-state index contributed by atoms with van der Waals surface area (Å²) in [6.07, 6.45) is 7.59. The van der Waals surface area contributed by atoms with Gasteiger partial charge in [-0.15, -0.1) is 0 Å². The number of H-pyrrole nitrogens is 1. The summed E-state index contributed by atoms with van der Waals surface area (Å²) in [5, 5.41) is 1.48. The van der Waals surface area contributed by atoms with Crippen LogP contribution in [0.4, 0.5) is 10.5 Å². The van der Waals surface area contributed by atoms with Crippen LogP contribution >= 0.6 is 11.6 Å². The number of hydrogen-bond acceptors (Lipinski definition) is 4. The van der Waals surface area contributed by atoms with E-state index in [4.69, 9.17) is 21.1 Å². The number of aromatic nitrogens is 2. The van der Waals surface area contributed by atoms with Gasteiger partial charge in [0.05, 0.1) is 18.7 Å².